The predicted molar refractivity (Wildman–Crippen MR) is 123 cm³/mol. The Balaban J connectivity index is 0.00000167. The molecule has 0 saturated heterocycles. The zero-order valence-corrected chi connectivity index (χ0v) is 26.8. The Kier molecular flexibility index (Phi) is 12.6. The van der Waals surface area contributed by atoms with E-state index in [1.165, 1.54) is 36.4 Å². The molecule has 0 aliphatic carbocycles. The molecule has 37 heavy (non-hydrogen) atoms. The maximum Gasteiger partial charge on any atom is 1.00 e. The fourth-order valence-corrected chi connectivity index (χ4v) is 5.13. The van der Waals surface area contributed by atoms with Crippen molar-refractivity contribution >= 4 is 37.6 Å². The van der Waals surface area contributed by atoms with Crippen LogP contribution >= 0.6 is 15.6 Å². The molecule has 4 rings (SSSR count). The normalized spacial score (nSPS) is 13.7. The molecule has 4 aromatic rings. The molecule has 186 valence electrons. The van der Waals surface area contributed by atoms with Gasteiger partial charge in [0.1, 0.15) is 22.7 Å². The van der Waals surface area contributed by atoms with Crippen LogP contribution in [0, 0.1) is 13.8 Å². The van der Waals surface area contributed by atoms with Gasteiger partial charge in [0.05, 0.1) is 0 Å². The van der Waals surface area contributed by atoms with E-state index in [-0.39, 0.29) is 81.8 Å². The Bertz CT molecular complexity index is 1500. The third kappa shape index (κ3) is 8.92. The summed E-state index contributed by atoms with van der Waals surface area (Å²) < 4.78 is 47.8. The van der Waals surface area contributed by atoms with Gasteiger partial charge in [0.25, 0.3) is 0 Å². The molecule has 0 N–H and O–H groups in total. The van der Waals surface area contributed by atoms with Crippen LogP contribution in [-0.4, -0.2) is 0 Å². The molecule has 2 atom stereocenters. The quantitative estimate of drug-likeness (QED) is 0.143. The van der Waals surface area contributed by atoms with Crippen molar-refractivity contribution < 1.29 is 100 Å². The van der Waals surface area contributed by atoms with Crippen LogP contribution in [0.15, 0.2) is 67.0 Å². The molecule has 11 nitrogen and oxygen atoms in total. The summed E-state index contributed by atoms with van der Waals surface area (Å²) >= 11 is 0. The van der Waals surface area contributed by atoms with Crippen LogP contribution in [0.25, 0.3) is 21.9 Å². The third-order valence-electron chi connectivity index (χ3n) is 4.48. The minimum atomic E-state index is -5.48. The predicted octanol–water partition coefficient (Wildman–Crippen LogP) is -2.04. The van der Waals surface area contributed by atoms with Crippen LogP contribution in [0.3, 0.4) is 0 Å². The number of hydrogen-bond donors (Lipinski definition) is 0. The van der Waals surface area contributed by atoms with Gasteiger partial charge in [-0.05, 0) is 49.2 Å². The fourth-order valence-electron chi connectivity index (χ4n) is 3.14. The smallest absolute Gasteiger partial charge is 0.746 e. The van der Waals surface area contributed by atoms with Crippen LogP contribution in [-0.2, 0) is 13.4 Å². The number of hydrogen-bond acceptors (Lipinski definition) is 11. The van der Waals surface area contributed by atoms with Gasteiger partial charge in [-0.3, -0.25) is 9.13 Å². The molecule has 0 aliphatic heterocycles. The number of phosphoric ester groups is 2. The van der Waals surface area contributed by atoms with Crippen molar-refractivity contribution in [3.8, 4) is 11.5 Å². The zero-order valence-electron chi connectivity index (χ0n) is 21.0. The summed E-state index contributed by atoms with van der Waals surface area (Å²) in [7, 11) is -11.0. The first kappa shape index (κ1) is 33.8. The Hall–Kier alpha value is -1.20. The Morgan fingerprint density at radius 2 is 1.03 bits per heavy atom. The zero-order chi connectivity index (χ0) is 26.0. The van der Waals surface area contributed by atoms with Crippen LogP contribution in [0.1, 0.15) is 25.0 Å². The molecule has 0 aliphatic rings. The van der Waals surface area contributed by atoms with Crippen molar-refractivity contribution in [1.29, 1.82) is 0 Å². The van der Waals surface area contributed by atoms with E-state index < -0.39 is 26.9 Å². The van der Waals surface area contributed by atoms with E-state index >= 15 is 0 Å². The minimum Gasteiger partial charge on any atom is -0.746 e. The van der Waals surface area contributed by atoms with Crippen molar-refractivity contribution in [3.05, 3.63) is 80.5 Å². The van der Waals surface area contributed by atoms with Crippen LogP contribution in [0.4, 0.5) is 0 Å². The van der Waals surface area contributed by atoms with Crippen molar-refractivity contribution in [2.45, 2.75) is 27.7 Å². The van der Waals surface area contributed by atoms with Crippen molar-refractivity contribution in [1.82, 2.24) is 0 Å². The van der Waals surface area contributed by atoms with E-state index in [1.54, 1.807) is 13.8 Å². The van der Waals surface area contributed by atoms with E-state index in [9.17, 15) is 28.5 Å². The number of phosphoric acid groups is 2. The SMILES string of the molecule is CC.Cc1cc(=O)oc2cc(OP(=O)([O-])OP(=O)([O-])Oc3ccc4c(C)cc(=O)oc4c3)ccc12.[Na+].[Na+]. The molecular formula is C22H20Na2O11P2. The van der Waals surface area contributed by atoms with Gasteiger partial charge in [0.2, 0.25) is 0 Å². The Morgan fingerprint density at radius 3 is 1.38 bits per heavy atom. The van der Waals surface area contributed by atoms with Crippen molar-refractivity contribution in [2.75, 3.05) is 0 Å². The molecule has 0 bridgehead atoms. The molecule has 15 heteroatoms. The summed E-state index contributed by atoms with van der Waals surface area (Å²) in [5, 5.41) is 1.05. The Labute approximate surface area is 255 Å². The van der Waals surface area contributed by atoms with Gasteiger partial charge in [-0.2, -0.15) is 0 Å². The summed E-state index contributed by atoms with van der Waals surface area (Å²) in [5.41, 5.74) is -0.0596. The van der Waals surface area contributed by atoms with Crippen LogP contribution in [0.2, 0.25) is 0 Å². The van der Waals surface area contributed by atoms with E-state index in [0.29, 0.717) is 21.9 Å². The second kappa shape index (κ2) is 13.7. The number of benzene rings is 2. The molecule has 2 unspecified atom stereocenters. The van der Waals surface area contributed by atoms with Crippen molar-refractivity contribution in [3.63, 3.8) is 0 Å². The molecule has 2 aromatic carbocycles. The van der Waals surface area contributed by atoms with E-state index in [1.807, 2.05) is 13.8 Å². The molecule has 2 aromatic heterocycles. The summed E-state index contributed by atoms with van der Waals surface area (Å²) in [4.78, 5) is 47.3. The topological polar surface area (TPSA) is 168 Å². The first-order valence-electron chi connectivity index (χ1n) is 10.2. The monoisotopic (exact) mass is 568 g/mol. The second-order valence-electron chi connectivity index (χ2n) is 6.97. The molecule has 0 saturated carbocycles. The second-order valence-corrected chi connectivity index (χ2v) is 9.78. The third-order valence-corrected chi connectivity index (χ3v) is 6.95. The molecular weight excluding hydrogens is 548 g/mol. The van der Waals surface area contributed by atoms with E-state index in [2.05, 4.69) is 13.4 Å². The first-order chi connectivity index (χ1) is 16.4. The van der Waals surface area contributed by atoms with Gasteiger partial charge in [0, 0.05) is 35.0 Å². The van der Waals surface area contributed by atoms with Gasteiger partial charge >= 0.3 is 86.0 Å². The van der Waals surface area contributed by atoms with Crippen molar-refractivity contribution in [2.24, 2.45) is 0 Å². The Morgan fingerprint density at radius 1 is 0.676 bits per heavy atom. The van der Waals surface area contributed by atoms with Crippen LogP contribution < -0.4 is 89.2 Å². The van der Waals surface area contributed by atoms with Gasteiger partial charge < -0.3 is 27.7 Å². The summed E-state index contributed by atoms with van der Waals surface area (Å²) in [6, 6.07) is 10.0. The average molecular weight is 568 g/mol. The van der Waals surface area contributed by atoms with E-state index in [4.69, 9.17) is 8.83 Å². The summed E-state index contributed by atoms with van der Waals surface area (Å²) in [5.74, 6) is -0.699. The van der Waals surface area contributed by atoms with Gasteiger partial charge in [-0.1, -0.05) is 13.8 Å². The molecule has 0 radical (unpaired) electrons. The first-order valence-corrected chi connectivity index (χ1v) is 13.1. The standard InChI is InChI=1S/C20H16O11P2.C2H6.2Na/c1-11-7-19(21)27-17-9-13(3-5-15(11)17)29-32(23,24)31-33(25,26)30-14-4-6-16-12(2)8-20(22)28-18(16)10-14;1-2;;/h3-10H,1-2H3,(H,23,24)(H,25,26);1-2H3;;/q;;2*+1/p-2. The maximum absolute atomic E-state index is 12.2. The fraction of sp³-hybridized carbons (Fsp3) is 0.182. The van der Waals surface area contributed by atoms with Gasteiger partial charge in [-0.15, -0.1) is 0 Å². The maximum atomic E-state index is 12.2. The summed E-state index contributed by atoms with van der Waals surface area (Å²) in [6.07, 6.45) is 0. The number of rotatable bonds is 6. The number of fused-ring (bicyclic) bond motifs is 2. The van der Waals surface area contributed by atoms with Gasteiger partial charge in [0.15, 0.2) is 0 Å². The molecule has 2 heterocycles. The van der Waals surface area contributed by atoms with E-state index in [0.717, 1.165) is 12.1 Å². The average Bonchev–Trinajstić information content (AvgIpc) is 2.72. The molecule has 0 amide bonds. The summed E-state index contributed by atoms with van der Waals surface area (Å²) in [6.45, 7) is 7.32. The minimum absolute atomic E-state index is 0. The molecule has 0 spiro atoms. The molecule has 0 fully saturated rings. The van der Waals surface area contributed by atoms with Crippen LogP contribution in [0.5, 0.6) is 11.5 Å². The van der Waals surface area contributed by atoms with Gasteiger partial charge in [-0.25, -0.2) is 13.9 Å². The number of aryl methyl sites for hydroxylation is 2. The largest absolute Gasteiger partial charge is 1.00 e.